The largest absolute Gasteiger partial charge is 0.383 e. The van der Waals surface area contributed by atoms with Gasteiger partial charge in [-0.25, -0.2) is 4.79 Å². The Kier molecular flexibility index (Phi) is 4.54. The van der Waals surface area contributed by atoms with Crippen LogP contribution in [0, 0.1) is 0 Å². The second-order valence-electron chi connectivity index (χ2n) is 4.59. The van der Waals surface area contributed by atoms with Crippen LogP contribution in [0.15, 0.2) is 33.9 Å². The molecular formula is C14H17N3O4. The number of nitrogens with zero attached hydrogens (tertiary/aromatic N) is 2. The average molecular weight is 291 g/mol. The Hall–Kier alpha value is -2.41. The van der Waals surface area contributed by atoms with Crippen LogP contribution >= 0.6 is 0 Å². The number of methoxy groups -OCH3 is 1. The minimum absolute atomic E-state index is 0.142. The van der Waals surface area contributed by atoms with Crippen molar-refractivity contribution >= 4 is 16.8 Å². The first kappa shape index (κ1) is 15.0. The molecule has 112 valence electrons. The summed E-state index contributed by atoms with van der Waals surface area (Å²) in [5.74, 6) is -0.307. The minimum Gasteiger partial charge on any atom is -0.383 e. The van der Waals surface area contributed by atoms with Crippen LogP contribution in [-0.2, 0) is 23.1 Å². The lowest BCUT2D eigenvalue weighted by Crippen LogP contribution is -2.41. The lowest BCUT2D eigenvalue weighted by molar-refractivity contribution is -0.121. The SMILES string of the molecule is COCCNC(=O)Cn1c(=O)n(C)c(=O)c2ccccc21. The molecule has 2 rings (SSSR count). The van der Waals surface area contributed by atoms with Gasteiger partial charge in [0.25, 0.3) is 5.56 Å². The van der Waals surface area contributed by atoms with Crippen molar-refractivity contribution in [2.24, 2.45) is 7.05 Å². The van der Waals surface area contributed by atoms with Crippen LogP contribution < -0.4 is 16.6 Å². The number of hydrogen-bond donors (Lipinski definition) is 1. The molecule has 0 aliphatic heterocycles. The Balaban J connectivity index is 2.42. The van der Waals surface area contributed by atoms with Gasteiger partial charge in [-0.3, -0.25) is 18.7 Å². The number of benzene rings is 1. The van der Waals surface area contributed by atoms with E-state index in [1.165, 1.54) is 18.7 Å². The Bertz CT molecular complexity index is 776. The molecule has 0 bridgehead atoms. The Morgan fingerprint density at radius 2 is 2.00 bits per heavy atom. The molecule has 7 heteroatoms. The number of para-hydroxylation sites is 1. The van der Waals surface area contributed by atoms with Crippen LogP contribution in [0.2, 0.25) is 0 Å². The predicted octanol–water partition coefficient (Wildman–Crippen LogP) is -0.537. The highest BCUT2D eigenvalue weighted by Crippen LogP contribution is 2.06. The first-order chi connectivity index (χ1) is 10.1. The first-order valence-corrected chi connectivity index (χ1v) is 6.50. The molecule has 1 N–H and O–H groups in total. The smallest absolute Gasteiger partial charge is 0.331 e. The molecule has 1 heterocycles. The van der Waals surface area contributed by atoms with Gasteiger partial charge in [-0.1, -0.05) is 12.1 Å². The third kappa shape index (κ3) is 3.03. The van der Waals surface area contributed by atoms with Crippen molar-refractivity contribution in [1.29, 1.82) is 0 Å². The summed E-state index contributed by atoms with van der Waals surface area (Å²) >= 11 is 0. The fourth-order valence-electron chi connectivity index (χ4n) is 2.09. The van der Waals surface area contributed by atoms with Crippen molar-refractivity contribution in [1.82, 2.24) is 14.5 Å². The Morgan fingerprint density at radius 1 is 1.29 bits per heavy atom. The highest BCUT2D eigenvalue weighted by Gasteiger charge is 2.12. The maximum absolute atomic E-state index is 12.2. The molecule has 0 spiro atoms. The van der Waals surface area contributed by atoms with Crippen molar-refractivity contribution in [2.75, 3.05) is 20.3 Å². The molecule has 2 aromatic rings. The van der Waals surface area contributed by atoms with E-state index < -0.39 is 5.69 Å². The summed E-state index contributed by atoms with van der Waals surface area (Å²) in [4.78, 5) is 36.1. The molecule has 21 heavy (non-hydrogen) atoms. The van der Waals surface area contributed by atoms with Gasteiger partial charge in [0.15, 0.2) is 0 Å². The lowest BCUT2D eigenvalue weighted by atomic mass is 10.2. The fraction of sp³-hybridized carbons (Fsp3) is 0.357. The summed E-state index contributed by atoms with van der Waals surface area (Å²) in [5, 5.41) is 3.05. The van der Waals surface area contributed by atoms with Gasteiger partial charge in [-0.05, 0) is 12.1 Å². The molecule has 0 unspecified atom stereocenters. The molecule has 1 aromatic carbocycles. The van der Waals surface area contributed by atoms with Crippen LogP contribution in [0.1, 0.15) is 0 Å². The normalized spacial score (nSPS) is 10.8. The predicted molar refractivity (Wildman–Crippen MR) is 78.3 cm³/mol. The Labute approximate surface area is 120 Å². The van der Waals surface area contributed by atoms with E-state index in [9.17, 15) is 14.4 Å². The van der Waals surface area contributed by atoms with Gasteiger partial charge in [0.1, 0.15) is 6.54 Å². The van der Waals surface area contributed by atoms with Gasteiger partial charge in [-0.15, -0.1) is 0 Å². The molecule has 7 nitrogen and oxygen atoms in total. The van der Waals surface area contributed by atoms with Gasteiger partial charge >= 0.3 is 5.69 Å². The third-order valence-corrected chi connectivity index (χ3v) is 3.18. The van der Waals surface area contributed by atoms with Crippen molar-refractivity contribution < 1.29 is 9.53 Å². The topological polar surface area (TPSA) is 82.3 Å². The van der Waals surface area contributed by atoms with Gasteiger partial charge < -0.3 is 10.1 Å². The van der Waals surface area contributed by atoms with Gasteiger partial charge in [0.2, 0.25) is 5.91 Å². The average Bonchev–Trinajstić information content (AvgIpc) is 2.49. The third-order valence-electron chi connectivity index (χ3n) is 3.18. The number of hydrogen-bond acceptors (Lipinski definition) is 4. The summed E-state index contributed by atoms with van der Waals surface area (Å²) in [6, 6.07) is 6.73. The summed E-state index contributed by atoms with van der Waals surface area (Å²) < 4.78 is 7.14. The highest BCUT2D eigenvalue weighted by atomic mass is 16.5. The van der Waals surface area contributed by atoms with E-state index in [2.05, 4.69) is 5.32 Å². The van der Waals surface area contributed by atoms with Crippen LogP contribution in [0.25, 0.3) is 10.9 Å². The summed E-state index contributed by atoms with van der Waals surface area (Å²) in [7, 11) is 2.94. The molecular weight excluding hydrogens is 274 g/mol. The number of nitrogens with one attached hydrogen (secondary N) is 1. The molecule has 0 aliphatic carbocycles. The van der Waals surface area contributed by atoms with E-state index in [1.807, 2.05) is 0 Å². The number of aromatic nitrogens is 2. The van der Waals surface area contributed by atoms with E-state index in [4.69, 9.17) is 4.74 Å². The van der Waals surface area contributed by atoms with Gasteiger partial charge in [-0.2, -0.15) is 0 Å². The summed E-state index contributed by atoms with van der Waals surface area (Å²) in [6.07, 6.45) is 0. The molecule has 0 radical (unpaired) electrons. The van der Waals surface area contributed by atoms with E-state index in [-0.39, 0.29) is 18.0 Å². The van der Waals surface area contributed by atoms with E-state index >= 15 is 0 Å². The van der Waals surface area contributed by atoms with Gasteiger partial charge in [0, 0.05) is 20.7 Å². The number of rotatable bonds is 5. The molecule has 0 atom stereocenters. The number of carbonyl (C=O) groups excluding carboxylic acids is 1. The quantitative estimate of drug-likeness (QED) is 0.750. The number of fused-ring (bicyclic) bond motifs is 1. The summed E-state index contributed by atoms with van der Waals surface area (Å²) in [5.41, 5.74) is -0.431. The molecule has 0 saturated heterocycles. The summed E-state index contributed by atoms with van der Waals surface area (Å²) in [6.45, 7) is 0.625. The van der Waals surface area contributed by atoms with Crippen LogP contribution in [0.4, 0.5) is 0 Å². The zero-order valence-corrected chi connectivity index (χ0v) is 12.0. The second kappa shape index (κ2) is 6.36. The second-order valence-corrected chi connectivity index (χ2v) is 4.59. The first-order valence-electron chi connectivity index (χ1n) is 6.50. The van der Waals surface area contributed by atoms with Crippen LogP contribution in [-0.4, -0.2) is 35.3 Å². The van der Waals surface area contributed by atoms with Crippen LogP contribution in [0.3, 0.4) is 0 Å². The number of amides is 1. The molecule has 0 saturated carbocycles. The monoisotopic (exact) mass is 291 g/mol. The van der Waals surface area contributed by atoms with Crippen molar-refractivity contribution in [2.45, 2.75) is 6.54 Å². The maximum Gasteiger partial charge on any atom is 0.331 e. The molecule has 1 aromatic heterocycles. The van der Waals surface area contributed by atoms with Crippen LogP contribution in [0.5, 0.6) is 0 Å². The number of carbonyl (C=O) groups is 1. The molecule has 1 amide bonds. The van der Waals surface area contributed by atoms with Crippen molar-refractivity contribution in [3.63, 3.8) is 0 Å². The van der Waals surface area contributed by atoms with E-state index in [0.717, 1.165) is 4.57 Å². The highest BCUT2D eigenvalue weighted by molar-refractivity contribution is 5.81. The molecule has 0 fully saturated rings. The van der Waals surface area contributed by atoms with E-state index in [1.54, 1.807) is 24.3 Å². The van der Waals surface area contributed by atoms with E-state index in [0.29, 0.717) is 24.1 Å². The zero-order chi connectivity index (χ0) is 15.4. The minimum atomic E-state index is -0.513. The van der Waals surface area contributed by atoms with Gasteiger partial charge in [0.05, 0.1) is 17.5 Å². The maximum atomic E-state index is 12.2. The van der Waals surface area contributed by atoms with Crippen molar-refractivity contribution in [3.05, 3.63) is 45.1 Å². The molecule has 0 aliphatic rings. The zero-order valence-electron chi connectivity index (χ0n) is 12.0. The number of ether oxygens (including phenoxy) is 1. The fourth-order valence-corrected chi connectivity index (χ4v) is 2.09. The van der Waals surface area contributed by atoms with Crippen molar-refractivity contribution in [3.8, 4) is 0 Å². The Morgan fingerprint density at radius 3 is 2.71 bits per heavy atom. The lowest BCUT2D eigenvalue weighted by Gasteiger charge is -2.11. The standard InChI is InChI=1S/C14H17N3O4/c1-16-13(19)10-5-3-4-6-11(10)17(14(16)20)9-12(18)15-7-8-21-2/h3-6H,7-9H2,1-2H3,(H,15,18).